The molecule has 0 bridgehead atoms. The maximum Gasteiger partial charge on any atom is 0.235 e. The van der Waals surface area contributed by atoms with Gasteiger partial charge in [-0.05, 0) is 62.4 Å². The van der Waals surface area contributed by atoms with Gasteiger partial charge < -0.3 is 14.8 Å². The molecule has 1 aliphatic heterocycles. The van der Waals surface area contributed by atoms with Crippen LogP contribution in [0.2, 0.25) is 0 Å². The topological polar surface area (TPSA) is 47.6 Å². The molecule has 2 aromatic rings. The van der Waals surface area contributed by atoms with Crippen molar-refractivity contribution >= 4 is 11.6 Å². The summed E-state index contributed by atoms with van der Waals surface area (Å²) in [5.41, 5.74) is 4.54. The summed E-state index contributed by atoms with van der Waals surface area (Å²) in [5.74, 6) is 0.899. The molecule has 0 atom stereocenters. The highest BCUT2D eigenvalue weighted by atomic mass is 16.5. The van der Waals surface area contributed by atoms with Gasteiger partial charge in [-0.25, -0.2) is 0 Å². The van der Waals surface area contributed by atoms with Gasteiger partial charge in [0, 0.05) is 18.9 Å². The summed E-state index contributed by atoms with van der Waals surface area (Å²) in [6, 6.07) is 12.2. The van der Waals surface area contributed by atoms with Crippen LogP contribution in [-0.2, 0) is 14.9 Å². The Hall–Kier alpha value is -2.33. The Kier molecular flexibility index (Phi) is 5.33. The molecular weight excluding hydrogens is 326 g/mol. The first kappa shape index (κ1) is 18.5. The van der Waals surface area contributed by atoms with Crippen molar-refractivity contribution < 1.29 is 14.3 Å². The van der Waals surface area contributed by atoms with Crippen molar-refractivity contribution in [2.75, 3.05) is 25.6 Å². The number of aryl methyl sites for hydroxylation is 3. The minimum atomic E-state index is -0.548. The van der Waals surface area contributed by atoms with Crippen molar-refractivity contribution in [1.82, 2.24) is 0 Å². The molecule has 4 nitrogen and oxygen atoms in total. The van der Waals surface area contributed by atoms with Crippen molar-refractivity contribution in [3.8, 4) is 5.75 Å². The van der Waals surface area contributed by atoms with Crippen LogP contribution >= 0.6 is 0 Å². The zero-order valence-corrected chi connectivity index (χ0v) is 16.0. The Labute approximate surface area is 155 Å². The van der Waals surface area contributed by atoms with E-state index in [9.17, 15) is 4.79 Å². The summed E-state index contributed by atoms with van der Waals surface area (Å²) >= 11 is 0. The third-order valence-corrected chi connectivity index (χ3v) is 5.31. The SMILES string of the molecule is COc1c(C)cc(NC(=O)C2(c3ccc(C)cc3)CCOCC2)cc1C. The van der Waals surface area contributed by atoms with Gasteiger partial charge in [-0.1, -0.05) is 29.8 Å². The summed E-state index contributed by atoms with van der Waals surface area (Å²) in [5, 5.41) is 3.15. The number of benzene rings is 2. The predicted molar refractivity (Wildman–Crippen MR) is 104 cm³/mol. The van der Waals surface area contributed by atoms with Gasteiger partial charge in [0.25, 0.3) is 0 Å². The van der Waals surface area contributed by atoms with Crippen LogP contribution in [0.15, 0.2) is 36.4 Å². The number of rotatable bonds is 4. The quantitative estimate of drug-likeness (QED) is 0.891. The first-order chi connectivity index (χ1) is 12.5. The van der Waals surface area contributed by atoms with E-state index in [1.54, 1.807) is 7.11 Å². The lowest BCUT2D eigenvalue weighted by Crippen LogP contribution is -2.44. The van der Waals surface area contributed by atoms with Crippen molar-refractivity contribution in [3.63, 3.8) is 0 Å². The number of carbonyl (C=O) groups excluding carboxylic acids is 1. The molecule has 0 spiro atoms. The van der Waals surface area contributed by atoms with Gasteiger partial charge in [-0.2, -0.15) is 0 Å². The van der Waals surface area contributed by atoms with Crippen molar-refractivity contribution in [2.24, 2.45) is 0 Å². The van der Waals surface area contributed by atoms with Crippen molar-refractivity contribution in [3.05, 3.63) is 58.7 Å². The largest absolute Gasteiger partial charge is 0.496 e. The van der Waals surface area contributed by atoms with Gasteiger partial charge >= 0.3 is 0 Å². The third-order valence-electron chi connectivity index (χ3n) is 5.31. The molecule has 3 rings (SSSR count). The van der Waals surface area contributed by atoms with E-state index >= 15 is 0 Å². The zero-order valence-electron chi connectivity index (χ0n) is 16.0. The van der Waals surface area contributed by atoms with Gasteiger partial charge in [0.2, 0.25) is 5.91 Å². The van der Waals surface area contributed by atoms with E-state index in [1.807, 2.05) is 26.0 Å². The summed E-state index contributed by atoms with van der Waals surface area (Å²) in [4.78, 5) is 13.4. The molecule has 2 aromatic carbocycles. The molecule has 138 valence electrons. The van der Waals surface area contributed by atoms with Gasteiger partial charge in [0.15, 0.2) is 0 Å². The second-order valence-electron chi connectivity index (χ2n) is 7.16. The van der Waals surface area contributed by atoms with Crippen LogP contribution in [0.1, 0.15) is 35.1 Å². The van der Waals surface area contributed by atoms with E-state index in [4.69, 9.17) is 9.47 Å². The number of nitrogens with one attached hydrogen (secondary N) is 1. The molecule has 0 saturated carbocycles. The highest BCUT2D eigenvalue weighted by molar-refractivity contribution is 5.99. The fourth-order valence-corrected chi connectivity index (χ4v) is 3.83. The first-order valence-electron chi connectivity index (χ1n) is 9.08. The van der Waals surface area contributed by atoms with E-state index in [1.165, 1.54) is 5.56 Å². The number of carbonyl (C=O) groups is 1. The molecule has 0 unspecified atom stereocenters. The lowest BCUT2D eigenvalue weighted by atomic mass is 9.73. The fraction of sp³-hybridized carbons (Fsp3) is 0.409. The van der Waals surface area contributed by atoms with E-state index in [0.717, 1.165) is 28.1 Å². The molecule has 0 radical (unpaired) electrons. The summed E-state index contributed by atoms with van der Waals surface area (Å²) in [6.07, 6.45) is 1.38. The molecule has 0 aromatic heterocycles. The number of amides is 1. The van der Waals surface area contributed by atoms with Gasteiger partial charge in [0.1, 0.15) is 5.75 Å². The predicted octanol–water partition coefficient (Wildman–Crippen LogP) is 4.31. The van der Waals surface area contributed by atoms with Crippen LogP contribution in [0, 0.1) is 20.8 Å². The van der Waals surface area contributed by atoms with E-state index in [0.29, 0.717) is 26.1 Å². The Balaban J connectivity index is 1.93. The molecule has 1 fully saturated rings. The standard InChI is InChI=1S/C22H27NO3/c1-15-5-7-18(8-6-15)22(9-11-26-12-10-22)21(24)23-19-13-16(2)20(25-4)17(3)14-19/h5-8,13-14H,9-12H2,1-4H3,(H,23,24). The van der Waals surface area contributed by atoms with E-state index < -0.39 is 5.41 Å². The number of ether oxygens (including phenoxy) is 2. The van der Waals surface area contributed by atoms with Crippen LogP contribution < -0.4 is 10.1 Å². The smallest absolute Gasteiger partial charge is 0.235 e. The van der Waals surface area contributed by atoms with Gasteiger partial charge in [-0.3, -0.25) is 4.79 Å². The van der Waals surface area contributed by atoms with Crippen molar-refractivity contribution in [2.45, 2.75) is 39.0 Å². The summed E-state index contributed by atoms with van der Waals surface area (Å²) in [6.45, 7) is 7.24. The van der Waals surface area contributed by atoms with Gasteiger partial charge in [-0.15, -0.1) is 0 Å². The Morgan fingerprint density at radius 2 is 1.62 bits per heavy atom. The number of hydrogen-bond acceptors (Lipinski definition) is 3. The Morgan fingerprint density at radius 1 is 1.04 bits per heavy atom. The van der Waals surface area contributed by atoms with E-state index in [-0.39, 0.29) is 5.91 Å². The maximum absolute atomic E-state index is 13.4. The third kappa shape index (κ3) is 3.47. The van der Waals surface area contributed by atoms with E-state index in [2.05, 4.69) is 36.5 Å². The lowest BCUT2D eigenvalue weighted by Gasteiger charge is -2.36. The molecule has 0 aliphatic carbocycles. The minimum absolute atomic E-state index is 0.0358. The van der Waals surface area contributed by atoms with Crippen LogP contribution in [0.4, 0.5) is 5.69 Å². The summed E-state index contributed by atoms with van der Waals surface area (Å²) in [7, 11) is 1.67. The van der Waals surface area contributed by atoms with Crippen LogP contribution in [0.3, 0.4) is 0 Å². The Morgan fingerprint density at radius 3 is 2.15 bits per heavy atom. The average molecular weight is 353 g/mol. The van der Waals surface area contributed by atoms with Gasteiger partial charge in [0.05, 0.1) is 12.5 Å². The highest BCUT2D eigenvalue weighted by Crippen LogP contribution is 2.37. The second-order valence-corrected chi connectivity index (χ2v) is 7.16. The number of anilines is 1. The normalized spacial score (nSPS) is 16.2. The maximum atomic E-state index is 13.4. The summed E-state index contributed by atoms with van der Waals surface area (Å²) < 4.78 is 11.0. The number of methoxy groups -OCH3 is 1. The first-order valence-corrected chi connectivity index (χ1v) is 9.08. The highest BCUT2D eigenvalue weighted by Gasteiger charge is 2.41. The fourth-order valence-electron chi connectivity index (χ4n) is 3.83. The molecule has 4 heteroatoms. The number of hydrogen-bond donors (Lipinski definition) is 1. The molecule has 1 aliphatic rings. The molecule has 1 amide bonds. The molecule has 1 saturated heterocycles. The lowest BCUT2D eigenvalue weighted by molar-refractivity contribution is -0.125. The molecule has 1 N–H and O–H groups in total. The van der Waals surface area contributed by atoms with Crippen LogP contribution in [-0.4, -0.2) is 26.2 Å². The second kappa shape index (κ2) is 7.50. The monoisotopic (exact) mass is 353 g/mol. The van der Waals surface area contributed by atoms with Crippen LogP contribution in [0.5, 0.6) is 5.75 Å². The zero-order chi connectivity index (χ0) is 18.7. The molecular formula is C22H27NO3. The molecule has 26 heavy (non-hydrogen) atoms. The average Bonchev–Trinajstić information content (AvgIpc) is 2.62. The van der Waals surface area contributed by atoms with Crippen LogP contribution in [0.25, 0.3) is 0 Å². The molecule has 1 heterocycles. The minimum Gasteiger partial charge on any atom is -0.496 e. The van der Waals surface area contributed by atoms with Crippen molar-refractivity contribution in [1.29, 1.82) is 0 Å². The Bertz CT molecular complexity index is 767.